The highest BCUT2D eigenvalue weighted by molar-refractivity contribution is 5.52. The van der Waals surface area contributed by atoms with Gasteiger partial charge in [-0.1, -0.05) is 17.6 Å². The van der Waals surface area contributed by atoms with Gasteiger partial charge in [-0.3, -0.25) is 4.68 Å². The van der Waals surface area contributed by atoms with E-state index < -0.39 is 0 Å². The Labute approximate surface area is 141 Å². The third kappa shape index (κ3) is 3.46. The molecule has 0 bridgehead atoms. The average Bonchev–Trinajstić information content (AvgIpc) is 2.99. The lowest BCUT2D eigenvalue weighted by Gasteiger charge is -2.29. The van der Waals surface area contributed by atoms with Gasteiger partial charge in [-0.15, -0.1) is 6.42 Å². The van der Waals surface area contributed by atoms with Crippen LogP contribution in [0.5, 0.6) is 0 Å². The van der Waals surface area contributed by atoms with Crippen molar-refractivity contribution in [1.29, 1.82) is 0 Å². The minimum absolute atomic E-state index is 0.566. The maximum Gasteiger partial charge on any atom is 0.230 e. The van der Waals surface area contributed by atoms with Crippen LogP contribution in [0.1, 0.15) is 13.3 Å². The highest BCUT2D eigenvalue weighted by atomic mass is 15.3. The minimum Gasteiger partial charge on any atom is -0.352 e. The van der Waals surface area contributed by atoms with Crippen molar-refractivity contribution in [3.05, 3.63) is 47.8 Å². The lowest BCUT2D eigenvalue weighted by Crippen LogP contribution is -2.31. The third-order valence-electron chi connectivity index (χ3n) is 4.03. The lowest BCUT2D eigenvalue weighted by molar-refractivity contribution is 0.755. The van der Waals surface area contributed by atoms with Crippen LogP contribution in [-0.2, 0) is 7.05 Å². The molecule has 0 aromatic carbocycles. The van der Waals surface area contributed by atoms with Crippen LogP contribution in [0, 0.1) is 12.3 Å². The summed E-state index contributed by atoms with van der Waals surface area (Å²) in [6, 6.07) is 3.82. The molecule has 3 rings (SSSR count). The second kappa shape index (κ2) is 7.01. The smallest absolute Gasteiger partial charge is 0.230 e. The number of aryl methyl sites for hydroxylation is 1. The highest BCUT2D eigenvalue weighted by Gasteiger charge is 2.17. The van der Waals surface area contributed by atoms with Crippen LogP contribution in [-0.4, -0.2) is 32.8 Å². The molecule has 2 aromatic rings. The number of anilines is 3. The van der Waals surface area contributed by atoms with Crippen molar-refractivity contribution in [3.8, 4) is 12.3 Å². The van der Waals surface area contributed by atoms with Crippen molar-refractivity contribution in [3.63, 3.8) is 0 Å². The molecular formula is C18H20N6. The zero-order chi connectivity index (χ0) is 16.9. The number of hydrogen-bond donors (Lipinski definition) is 1. The van der Waals surface area contributed by atoms with Crippen molar-refractivity contribution >= 4 is 17.6 Å². The van der Waals surface area contributed by atoms with Crippen LogP contribution in [0.25, 0.3) is 0 Å². The minimum atomic E-state index is 0.566. The van der Waals surface area contributed by atoms with Gasteiger partial charge in [-0.25, -0.2) is 4.98 Å². The second-order valence-corrected chi connectivity index (χ2v) is 5.68. The Balaban J connectivity index is 1.76. The SMILES string of the molecule is C#C/C=C\C1=C(C)CN(c2ccnc(Nc3ccnn3C)n2)CC1. The van der Waals surface area contributed by atoms with Crippen LogP contribution in [0.2, 0.25) is 0 Å². The van der Waals surface area contributed by atoms with Gasteiger partial charge in [0.2, 0.25) is 5.95 Å². The largest absolute Gasteiger partial charge is 0.352 e. The summed E-state index contributed by atoms with van der Waals surface area (Å²) in [6.07, 6.45) is 13.5. The van der Waals surface area contributed by atoms with Crippen molar-refractivity contribution < 1.29 is 0 Å². The Kier molecular flexibility index (Phi) is 4.62. The van der Waals surface area contributed by atoms with Crippen LogP contribution in [0.15, 0.2) is 47.8 Å². The number of hydrogen-bond acceptors (Lipinski definition) is 5. The van der Waals surface area contributed by atoms with E-state index in [0.717, 1.165) is 31.1 Å². The van der Waals surface area contributed by atoms with Crippen molar-refractivity contribution in [2.75, 3.05) is 23.3 Å². The molecule has 6 nitrogen and oxygen atoms in total. The molecule has 3 heterocycles. The summed E-state index contributed by atoms with van der Waals surface area (Å²) in [7, 11) is 1.87. The van der Waals surface area contributed by atoms with Crippen molar-refractivity contribution in [2.24, 2.45) is 7.05 Å². The quantitative estimate of drug-likeness (QED) is 0.878. The Bertz CT molecular complexity index is 824. The first-order valence-corrected chi connectivity index (χ1v) is 7.81. The molecule has 0 amide bonds. The first-order valence-electron chi connectivity index (χ1n) is 7.81. The van der Waals surface area contributed by atoms with Gasteiger partial charge < -0.3 is 10.2 Å². The van der Waals surface area contributed by atoms with Crippen LogP contribution in [0.4, 0.5) is 17.6 Å². The van der Waals surface area contributed by atoms with Gasteiger partial charge in [-0.2, -0.15) is 10.1 Å². The summed E-state index contributed by atoms with van der Waals surface area (Å²) in [5.41, 5.74) is 2.62. The molecule has 1 N–H and O–H groups in total. The number of nitrogens with one attached hydrogen (secondary N) is 1. The summed E-state index contributed by atoms with van der Waals surface area (Å²) in [4.78, 5) is 11.2. The molecular weight excluding hydrogens is 300 g/mol. The maximum absolute atomic E-state index is 5.29. The molecule has 0 saturated carbocycles. The summed E-state index contributed by atoms with van der Waals surface area (Å²) in [5.74, 6) is 4.87. The molecule has 0 saturated heterocycles. The highest BCUT2D eigenvalue weighted by Crippen LogP contribution is 2.24. The molecule has 24 heavy (non-hydrogen) atoms. The summed E-state index contributed by atoms with van der Waals surface area (Å²) in [5, 5.41) is 7.32. The Morgan fingerprint density at radius 1 is 1.33 bits per heavy atom. The predicted molar refractivity (Wildman–Crippen MR) is 96.0 cm³/mol. The monoisotopic (exact) mass is 320 g/mol. The molecule has 0 unspecified atom stereocenters. The normalized spacial score (nSPS) is 15.0. The Hall–Kier alpha value is -3.07. The standard InChI is InChI=1S/C18H20N6/c1-4-5-6-15-9-12-24(13-14(15)2)17-7-10-19-18(22-17)21-16-8-11-20-23(16)3/h1,5-8,10-11H,9,12-13H2,2-3H3,(H,19,21,22)/b6-5-. The molecule has 0 atom stereocenters. The van der Waals surface area contributed by atoms with Gasteiger partial charge in [0, 0.05) is 32.4 Å². The van der Waals surface area contributed by atoms with Gasteiger partial charge in [0.25, 0.3) is 0 Å². The molecule has 1 aliphatic heterocycles. The van der Waals surface area contributed by atoms with Gasteiger partial charge in [0.15, 0.2) is 0 Å². The fraction of sp³-hybridized carbons (Fsp3) is 0.278. The molecule has 6 heteroatoms. The van der Waals surface area contributed by atoms with Gasteiger partial charge >= 0.3 is 0 Å². The first-order chi connectivity index (χ1) is 11.7. The number of terminal acetylenes is 1. The average molecular weight is 320 g/mol. The van der Waals surface area contributed by atoms with Crippen molar-refractivity contribution in [2.45, 2.75) is 13.3 Å². The van der Waals surface area contributed by atoms with Crippen molar-refractivity contribution in [1.82, 2.24) is 19.7 Å². The molecule has 0 fully saturated rings. The van der Waals surface area contributed by atoms with E-state index in [1.807, 2.05) is 25.3 Å². The van der Waals surface area contributed by atoms with E-state index in [1.165, 1.54) is 11.1 Å². The zero-order valence-electron chi connectivity index (χ0n) is 13.9. The Morgan fingerprint density at radius 2 is 2.21 bits per heavy atom. The van der Waals surface area contributed by atoms with E-state index >= 15 is 0 Å². The van der Waals surface area contributed by atoms with E-state index in [1.54, 1.807) is 23.2 Å². The number of rotatable bonds is 4. The summed E-state index contributed by atoms with van der Waals surface area (Å²) >= 11 is 0. The van der Waals surface area contributed by atoms with Gasteiger partial charge in [0.05, 0.1) is 6.20 Å². The lowest BCUT2D eigenvalue weighted by atomic mass is 10.0. The zero-order valence-corrected chi connectivity index (χ0v) is 13.9. The fourth-order valence-corrected chi connectivity index (χ4v) is 2.70. The number of allylic oxidation sites excluding steroid dienone is 2. The Morgan fingerprint density at radius 3 is 2.92 bits per heavy atom. The molecule has 0 aliphatic carbocycles. The summed E-state index contributed by atoms with van der Waals surface area (Å²) < 4.78 is 1.74. The van der Waals surface area contributed by atoms with E-state index in [0.29, 0.717) is 5.95 Å². The molecule has 2 aromatic heterocycles. The number of nitrogens with zero attached hydrogens (tertiary/aromatic N) is 5. The van der Waals surface area contributed by atoms with Gasteiger partial charge in [-0.05, 0) is 31.1 Å². The molecule has 0 radical (unpaired) electrons. The maximum atomic E-state index is 5.29. The molecule has 122 valence electrons. The van der Waals surface area contributed by atoms with E-state index in [9.17, 15) is 0 Å². The van der Waals surface area contributed by atoms with E-state index in [2.05, 4.69) is 38.1 Å². The van der Waals surface area contributed by atoms with E-state index in [4.69, 9.17) is 6.42 Å². The molecule has 1 aliphatic rings. The topological polar surface area (TPSA) is 58.9 Å². The van der Waals surface area contributed by atoms with E-state index in [-0.39, 0.29) is 0 Å². The van der Waals surface area contributed by atoms with Gasteiger partial charge in [0.1, 0.15) is 11.6 Å². The third-order valence-corrected chi connectivity index (χ3v) is 4.03. The van der Waals surface area contributed by atoms with Crippen LogP contribution >= 0.6 is 0 Å². The predicted octanol–water partition coefficient (Wildman–Crippen LogP) is 2.67. The summed E-state index contributed by atoms with van der Waals surface area (Å²) in [6.45, 7) is 3.88. The van der Waals surface area contributed by atoms with Crippen LogP contribution < -0.4 is 10.2 Å². The van der Waals surface area contributed by atoms with Crippen LogP contribution in [0.3, 0.4) is 0 Å². The molecule has 0 spiro atoms. The fourth-order valence-electron chi connectivity index (χ4n) is 2.70. The first kappa shape index (κ1) is 15.8. The second-order valence-electron chi connectivity index (χ2n) is 5.68. The number of aromatic nitrogens is 4.